The Labute approximate surface area is 61.1 Å². The van der Waals surface area contributed by atoms with E-state index < -0.39 is 6.09 Å². The lowest BCUT2D eigenvalue weighted by atomic mass is 10.4. The molecule has 0 saturated carbocycles. The number of allylic oxidation sites excluding steroid dienone is 1. The van der Waals surface area contributed by atoms with Crippen LogP contribution < -0.4 is 5.32 Å². The molecule has 0 fully saturated rings. The van der Waals surface area contributed by atoms with Crippen molar-refractivity contribution in [1.82, 2.24) is 5.32 Å². The minimum absolute atomic E-state index is 0.104. The number of alkyl carbamates (subject to hydrolysis) is 1. The molecule has 0 aliphatic rings. The summed E-state index contributed by atoms with van der Waals surface area (Å²) in [6, 6.07) is 0.104. The van der Waals surface area contributed by atoms with Crippen LogP contribution in [-0.4, -0.2) is 12.1 Å². The van der Waals surface area contributed by atoms with E-state index in [2.05, 4.69) is 16.6 Å². The van der Waals surface area contributed by atoms with Crippen molar-refractivity contribution in [2.45, 2.75) is 26.8 Å². The van der Waals surface area contributed by atoms with E-state index in [0.29, 0.717) is 5.76 Å². The van der Waals surface area contributed by atoms with Crippen molar-refractivity contribution in [2.24, 2.45) is 0 Å². The zero-order valence-corrected chi connectivity index (χ0v) is 6.60. The summed E-state index contributed by atoms with van der Waals surface area (Å²) in [7, 11) is 0. The van der Waals surface area contributed by atoms with Crippen molar-refractivity contribution in [3.63, 3.8) is 0 Å². The molecule has 10 heavy (non-hydrogen) atoms. The predicted octanol–water partition coefficient (Wildman–Crippen LogP) is 1.65. The molecule has 0 spiro atoms. The average molecular weight is 143 g/mol. The second-order valence-electron chi connectivity index (χ2n) is 2.39. The van der Waals surface area contributed by atoms with E-state index in [0.717, 1.165) is 0 Å². The minimum Gasteiger partial charge on any atom is -0.416 e. The molecular formula is C7H13NO2. The molecule has 0 aromatic carbocycles. The molecule has 0 rings (SSSR count). The van der Waals surface area contributed by atoms with Gasteiger partial charge >= 0.3 is 6.09 Å². The highest BCUT2D eigenvalue weighted by molar-refractivity contribution is 5.68. The van der Waals surface area contributed by atoms with Crippen LogP contribution in [0.25, 0.3) is 0 Å². The quantitative estimate of drug-likeness (QED) is 0.597. The molecule has 0 aliphatic carbocycles. The number of hydrogen-bond acceptors (Lipinski definition) is 2. The Balaban J connectivity index is 3.54. The Morgan fingerprint density at radius 2 is 2.10 bits per heavy atom. The molecule has 0 bridgehead atoms. The van der Waals surface area contributed by atoms with Crippen molar-refractivity contribution in [2.75, 3.05) is 0 Å². The molecule has 1 amide bonds. The van der Waals surface area contributed by atoms with Gasteiger partial charge in [-0.25, -0.2) is 4.79 Å². The number of carbonyl (C=O) groups excluding carboxylic acids is 1. The third kappa shape index (κ3) is 5.15. The fraction of sp³-hybridized carbons (Fsp3) is 0.571. The minimum atomic E-state index is -0.442. The van der Waals surface area contributed by atoms with Crippen LogP contribution in [0.1, 0.15) is 20.8 Å². The summed E-state index contributed by atoms with van der Waals surface area (Å²) in [5, 5.41) is 2.55. The van der Waals surface area contributed by atoms with Gasteiger partial charge in [-0.15, -0.1) is 0 Å². The summed E-state index contributed by atoms with van der Waals surface area (Å²) in [5.41, 5.74) is 0. The van der Waals surface area contributed by atoms with Crippen molar-refractivity contribution < 1.29 is 9.53 Å². The molecule has 0 atom stereocenters. The van der Waals surface area contributed by atoms with Crippen LogP contribution in [0.15, 0.2) is 12.3 Å². The third-order valence-corrected chi connectivity index (χ3v) is 0.673. The highest BCUT2D eigenvalue weighted by Crippen LogP contribution is 1.90. The fourth-order valence-electron chi connectivity index (χ4n) is 0.423. The van der Waals surface area contributed by atoms with Crippen molar-refractivity contribution in [3.8, 4) is 0 Å². The van der Waals surface area contributed by atoms with E-state index in [1.165, 1.54) is 0 Å². The van der Waals surface area contributed by atoms with Crippen LogP contribution in [0.5, 0.6) is 0 Å². The van der Waals surface area contributed by atoms with E-state index in [1.807, 2.05) is 13.8 Å². The first-order valence-corrected chi connectivity index (χ1v) is 3.16. The monoisotopic (exact) mass is 143 g/mol. The van der Waals surface area contributed by atoms with E-state index in [1.54, 1.807) is 6.92 Å². The molecule has 0 saturated heterocycles. The Hall–Kier alpha value is -0.990. The lowest BCUT2D eigenvalue weighted by Gasteiger charge is -2.07. The maximum atomic E-state index is 10.7. The zero-order chi connectivity index (χ0) is 8.15. The first kappa shape index (κ1) is 9.01. The second kappa shape index (κ2) is 3.93. The average Bonchev–Trinajstić information content (AvgIpc) is 1.58. The maximum Gasteiger partial charge on any atom is 0.412 e. The Morgan fingerprint density at radius 1 is 1.60 bits per heavy atom. The van der Waals surface area contributed by atoms with Gasteiger partial charge in [-0.1, -0.05) is 6.58 Å². The first-order chi connectivity index (χ1) is 4.52. The Kier molecular flexibility index (Phi) is 3.54. The van der Waals surface area contributed by atoms with Crippen LogP contribution in [0.4, 0.5) is 4.79 Å². The standard InChI is InChI=1S/C7H13NO2/c1-5(2)8-7(9)10-6(3)4/h5H,3H2,1-2,4H3,(H,8,9). The molecule has 0 aromatic rings. The van der Waals surface area contributed by atoms with Gasteiger partial charge in [0.1, 0.15) is 0 Å². The Morgan fingerprint density at radius 3 is 2.40 bits per heavy atom. The first-order valence-electron chi connectivity index (χ1n) is 3.16. The molecule has 0 aliphatic heterocycles. The Bertz CT molecular complexity index is 141. The summed E-state index contributed by atoms with van der Waals surface area (Å²) in [5.74, 6) is 0.401. The maximum absolute atomic E-state index is 10.7. The van der Waals surface area contributed by atoms with E-state index in [-0.39, 0.29) is 6.04 Å². The number of amides is 1. The van der Waals surface area contributed by atoms with Gasteiger partial charge in [-0.2, -0.15) is 0 Å². The number of carbonyl (C=O) groups is 1. The number of ether oxygens (including phenoxy) is 1. The van der Waals surface area contributed by atoms with Gasteiger partial charge in [0.25, 0.3) is 0 Å². The number of nitrogens with one attached hydrogen (secondary N) is 1. The molecule has 0 radical (unpaired) electrons. The van der Waals surface area contributed by atoms with Crippen LogP contribution in [0.3, 0.4) is 0 Å². The van der Waals surface area contributed by atoms with Gasteiger partial charge in [0, 0.05) is 6.04 Å². The smallest absolute Gasteiger partial charge is 0.412 e. The van der Waals surface area contributed by atoms with E-state index in [4.69, 9.17) is 0 Å². The van der Waals surface area contributed by atoms with Crippen LogP contribution in [-0.2, 0) is 4.74 Å². The third-order valence-electron chi connectivity index (χ3n) is 0.673. The summed E-state index contributed by atoms with van der Waals surface area (Å²) >= 11 is 0. The van der Waals surface area contributed by atoms with E-state index >= 15 is 0 Å². The normalized spacial score (nSPS) is 9.20. The molecule has 1 N–H and O–H groups in total. The fourth-order valence-corrected chi connectivity index (χ4v) is 0.423. The van der Waals surface area contributed by atoms with E-state index in [9.17, 15) is 4.79 Å². The largest absolute Gasteiger partial charge is 0.416 e. The van der Waals surface area contributed by atoms with Gasteiger partial charge in [-0.05, 0) is 20.8 Å². The van der Waals surface area contributed by atoms with Gasteiger partial charge < -0.3 is 10.1 Å². The molecule has 3 nitrogen and oxygen atoms in total. The van der Waals surface area contributed by atoms with Gasteiger partial charge in [0.15, 0.2) is 0 Å². The zero-order valence-electron chi connectivity index (χ0n) is 6.60. The highest BCUT2D eigenvalue weighted by atomic mass is 16.6. The van der Waals surface area contributed by atoms with Crippen molar-refractivity contribution in [1.29, 1.82) is 0 Å². The van der Waals surface area contributed by atoms with Gasteiger partial charge in [-0.3, -0.25) is 0 Å². The number of rotatable bonds is 2. The predicted molar refractivity (Wildman–Crippen MR) is 39.6 cm³/mol. The summed E-state index contributed by atoms with van der Waals surface area (Å²) in [6.45, 7) is 8.77. The number of hydrogen-bond donors (Lipinski definition) is 1. The van der Waals surface area contributed by atoms with Crippen molar-refractivity contribution in [3.05, 3.63) is 12.3 Å². The van der Waals surface area contributed by atoms with Gasteiger partial charge in [0.2, 0.25) is 0 Å². The molecule has 3 heteroatoms. The molecule has 0 unspecified atom stereocenters. The van der Waals surface area contributed by atoms with Crippen LogP contribution >= 0.6 is 0 Å². The summed E-state index contributed by atoms with van der Waals surface area (Å²) < 4.78 is 4.62. The van der Waals surface area contributed by atoms with Gasteiger partial charge in [0.05, 0.1) is 5.76 Å². The molecule has 58 valence electrons. The highest BCUT2D eigenvalue weighted by Gasteiger charge is 2.02. The summed E-state index contributed by atoms with van der Waals surface area (Å²) in [4.78, 5) is 10.7. The summed E-state index contributed by atoms with van der Waals surface area (Å²) in [6.07, 6.45) is -0.442. The van der Waals surface area contributed by atoms with Crippen molar-refractivity contribution >= 4 is 6.09 Å². The SMILES string of the molecule is C=C(C)OC(=O)NC(C)C. The molecule has 0 heterocycles. The second-order valence-corrected chi connectivity index (χ2v) is 2.39. The molecule has 0 aromatic heterocycles. The molecular weight excluding hydrogens is 130 g/mol. The lowest BCUT2D eigenvalue weighted by molar-refractivity contribution is 0.174. The van der Waals surface area contributed by atoms with Crippen LogP contribution in [0.2, 0.25) is 0 Å². The van der Waals surface area contributed by atoms with Crippen LogP contribution in [0, 0.1) is 0 Å². The topological polar surface area (TPSA) is 38.3 Å². The lowest BCUT2D eigenvalue weighted by Crippen LogP contribution is -2.30.